The maximum Gasteiger partial charge on any atom is 0.376 e. The number of anilines is 1. The number of hydrogen-bond acceptors (Lipinski definition) is 6. The van der Waals surface area contributed by atoms with Crippen LogP contribution >= 0.6 is 0 Å². The Hall–Kier alpha value is -2.63. The predicted molar refractivity (Wildman–Crippen MR) is 71.6 cm³/mol. The number of nitrogens with zero attached hydrogens (tertiary/aromatic N) is 4. The van der Waals surface area contributed by atoms with Crippen LogP contribution in [0.1, 0.15) is 0 Å². The predicted octanol–water partition coefficient (Wildman–Crippen LogP) is 1.18. The normalized spacial score (nSPS) is 20.3. The minimum absolute atomic E-state index is 0.235. The second-order valence-corrected chi connectivity index (χ2v) is 4.01. The van der Waals surface area contributed by atoms with Crippen molar-refractivity contribution in [2.75, 3.05) is 12.1 Å². The SMILES string of the molecule is COC(=O)C1=NN(c2ccccc2)C2C=NC=CN12. The maximum atomic E-state index is 11.7. The average Bonchev–Trinajstić information content (AvgIpc) is 2.87. The number of esters is 1. The van der Waals surface area contributed by atoms with Crippen LogP contribution in [0.15, 0.2) is 52.8 Å². The summed E-state index contributed by atoms with van der Waals surface area (Å²) in [5, 5.41) is 6.07. The monoisotopic (exact) mass is 256 g/mol. The molecular weight excluding hydrogens is 244 g/mol. The van der Waals surface area contributed by atoms with Crippen molar-refractivity contribution in [3.8, 4) is 0 Å². The fraction of sp³-hybridized carbons (Fsp3) is 0.154. The van der Waals surface area contributed by atoms with E-state index in [1.54, 1.807) is 28.5 Å². The van der Waals surface area contributed by atoms with Gasteiger partial charge in [-0.15, -0.1) is 5.10 Å². The first-order chi connectivity index (χ1) is 9.31. The van der Waals surface area contributed by atoms with Gasteiger partial charge in [0.2, 0.25) is 5.84 Å². The van der Waals surface area contributed by atoms with E-state index >= 15 is 0 Å². The highest BCUT2D eigenvalue weighted by Gasteiger charge is 2.37. The number of para-hydroxylation sites is 1. The minimum atomic E-state index is -0.469. The van der Waals surface area contributed by atoms with Crippen molar-refractivity contribution in [1.29, 1.82) is 0 Å². The van der Waals surface area contributed by atoms with Crippen molar-refractivity contribution in [3.63, 3.8) is 0 Å². The fourth-order valence-electron chi connectivity index (χ4n) is 2.02. The second kappa shape index (κ2) is 4.56. The van der Waals surface area contributed by atoms with Gasteiger partial charge >= 0.3 is 5.97 Å². The van der Waals surface area contributed by atoms with Gasteiger partial charge < -0.3 is 4.74 Å². The topological polar surface area (TPSA) is 57.5 Å². The molecule has 3 rings (SSSR count). The Morgan fingerprint density at radius 3 is 2.84 bits per heavy atom. The van der Waals surface area contributed by atoms with E-state index in [2.05, 4.69) is 10.1 Å². The number of rotatable bonds is 2. The van der Waals surface area contributed by atoms with Gasteiger partial charge in [0.15, 0.2) is 6.17 Å². The molecule has 1 unspecified atom stereocenters. The first-order valence-electron chi connectivity index (χ1n) is 5.81. The third kappa shape index (κ3) is 1.87. The lowest BCUT2D eigenvalue weighted by Gasteiger charge is -2.27. The Bertz CT molecular complexity index is 580. The van der Waals surface area contributed by atoms with Crippen molar-refractivity contribution in [2.24, 2.45) is 10.1 Å². The van der Waals surface area contributed by atoms with Crippen molar-refractivity contribution in [1.82, 2.24) is 4.90 Å². The minimum Gasteiger partial charge on any atom is -0.463 e. The van der Waals surface area contributed by atoms with E-state index in [-0.39, 0.29) is 12.0 Å². The molecule has 1 aromatic carbocycles. The van der Waals surface area contributed by atoms with Crippen molar-refractivity contribution >= 4 is 23.7 Å². The Morgan fingerprint density at radius 2 is 2.11 bits per heavy atom. The van der Waals surface area contributed by atoms with E-state index in [4.69, 9.17) is 4.74 Å². The van der Waals surface area contributed by atoms with Crippen LogP contribution in [0.5, 0.6) is 0 Å². The molecule has 0 fully saturated rings. The van der Waals surface area contributed by atoms with E-state index in [1.165, 1.54) is 7.11 Å². The molecule has 2 aliphatic rings. The van der Waals surface area contributed by atoms with Crippen LogP contribution in [0.4, 0.5) is 5.69 Å². The van der Waals surface area contributed by atoms with Crippen molar-refractivity contribution in [3.05, 3.63) is 42.7 Å². The quantitative estimate of drug-likeness (QED) is 0.745. The number of ether oxygens (including phenoxy) is 1. The number of carbonyl (C=O) groups is 1. The van der Waals surface area contributed by atoms with Gasteiger partial charge in [0.05, 0.1) is 12.8 Å². The van der Waals surface area contributed by atoms with E-state index < -0.39 is 5.97 Å². The smallest absolute Gasteiger partial charge is 0.376 e. The van der Waals surface area contributed by atoms with Crippen LogP contribution in [0.3, 0.4) is 0 Å². The highest BCUT2D eigenvalue weighted by Crippen LogP contribution is 2.25. The van der Waals surface area contributed by atoms with Crippen LogP contribution < -0.4 is 5.01 Å². The van der Waals surface area contributed by atoms with Gasteiger partial charge in [-0.05, 0) is 12.1 Å². The molecule has 0 saturated heterocycles. The van der Waals surface area contributed by atoms with Gasteiger partial charge in [0, 0.05) is 18.6 Å². The summed E-state index contributed by atoms with van der Waals surface area (Å²) in [6, 6.07) is 9.61. The summed E-state index contributed by atoms with van der Waals surface area (Å²) in [5.74, 6) is -0.220. The molecular formula is C13H12N4O2. The van der Waals surface area contributed by atoms with Gasteiger partial charge in [-0.25, -0.2) is 9.80 Å². The number of carbonyl (C=O) groups excluding carboxylic acids is 1. The van der Waals surface area contributed by atoms with Gasteiger partial charge in [-0.3, -0.25) is 9.89 Å². The lowest BCUT2D eigenvalue weighted by molar-refractivity contribution is -0.133. The molecule has 0 amide bonds. The molecule has 1 atom stereocenters. The number of amidine groups is 1. The van der Waals surface area contributed by atoms with E-state index in [9.17, 15) is 4.79 Å². The maximum absolute atomic E-state index is 11.7. The van der Waals surface area contributed by atoms with Crippen LogP contribution in [-0.2, 0) is 9.53 Å². The first-order valence-corrected chi connectivity index (χ1v) is 5.81. The highest BCUT2D eigenvalue weighted by molar-refractivity contribution is 6.36. The molecule has 19 heavy (non-hydrogen) atoms. The molecule has 2 heterocycles. The molecule has 1 aromatic rings. The lowest BCUT2D eigenvalue weighted by Crippen LogP contribution is -2.43. The summed E-state index contributed by atoms with van der Waals surface area (Å²) >= 11 is 0. The van der Waals surface area contributed by atoms with E-state index in [0.29, 0.717) is 0 Å². The molecule has 2 aliphatic heterocycles. The summed E-state index contributed by atoms with van der Waals surface area (Å²) in [5.41, 5.74) is 0.887. The molecule has 96 valence electrons. The molecule has 0 aromatic heterocycles. The molecule has 0 radical (unpaired) electrons. The molecule has 0 bridgehead atoms. The third-order valence-electron chi connectivity index (χ3n) is 2.90. The van der Waals surface area contributed by atoms with Gasteiger partial charge in [-0.1, -0.05) is 18.2 Å². The molecule has 0 spiro atoms. The largest absolute Gasteiger partial charge is 0.463 e. The Labute approximate surface area is 110 Å². The lowest BCUT2D eigenvalue weighted by atomic mass is 10.3. The number of methoxy groups -OCH3 is 1. The number of aliphatic imine (C=N–C) groups is 1. The summed E-state index contributed by atoms with van der Waals surface area (Å²) < 4.78 is 4.75. The van der Waals surface area contributed by atoms with E-state index in [1.807, 2.05) is 30.3 Å². The summed E-state index contributed by atoms with van der Waals surface area (Å²) in [7, 11) is 1.34. The van der Waals surface area contributed by atoms with Crippen LogP contribution in [0.25, 0.3) is 0 Å². The standard InChI is InChI=1S/C13H12N4O2/c1-19-13(18)12-15-17(10-5-3-2-4-6-10)11-9-14-7-8-16(11)12/h2-9,11H,1H3. The van der Waals surface area contributed by atoms with Gasteiger partial charge in [-0.2, -0.15) is 0 Å². The number of hydrogen-bond donors (Lipinski definition) is 0. The Morgan fingerprint density at radius 1 is 1.32 bits per heavy atom. The molecule has 0 aliphatic carbocycles. The number of hydrazone groups is 1. The Balaban J connectivity index is 2.01. The summed E-state index contributed by atoms with van der Waals surface area (Å²) in [4.78, 5) is 17.6. The summed E-state index contributed by atoms with van der Waals surface area (Å²) in [6.45, 7) is 0. The zero-order valence-corrected chi connectivity index (χ0v) is 10.3. The van der Waals surface area contributed by atoms with Crippen LogP contribution in [0.2, 0.25) is 0 Å². The van der Waals surface area contributed by atoms with Gasteiger partial charge in [0.1, 0.15) is 0 Å². The third-order valence-corrected chi connectivity index (χ3v) is 2.90. The number of fused-ring (bicyclic) bond motifs is 1. The van der Waals surface area contributed by atoms with Gasteiger partial charge in [0.25, 0.3) is 0 Å². The zero-order chi connectivity index (χ0) is 13.2. The van der Waals surface area contributed by atoms with Crippen molar-refractivity contribution in [2.45, 2.75) is 6.17 Å². The highest BCUT2D eigenvalue weighted by atomic mass is 16.5. The molecule has 6 heteroatoms. The first kappa shape index (κ1) is 11.5. The molecule has 0 saturated carbocycles. The van der Waals surface area contributed by atoms with Crippen LogP contribution in [0, 0.1) is 0 Å². The zero-order valence-electron chi connectivity index (χ0n) is 10.3. The number of benzene rings is 1. The Kier molecular flexibility index (Phi) is 2.75. The second-order valence-electron chi connectivity index (χ2n) is 4.01. The van der Waals surface area contributed by atoms with Crippen LogP contribution in [-0.4, -0.2) is 36.2 Å². The summed E-state index contributed by atoms with van der Waals surface area (Å²) in [6.07, 6.45) is 4.82. The fourth-order valence-corrected chi connectivity index (χ4v) is 2.02. The molecule has 0 N–H and O–H groups in total. The molecule has 6 nitrogen and oxygen atoms in total. The van der Waals surface area contributed by atoms with Crippen molar-refractivity contribution < 1.29 is 9.53 Å². The average molecular weight is 256 g/mol. The van der Waals surface area contributed by atoms with E-state index in [0.717, 1.165) is 5.69 Å².